The van der Waals surface area contributed by atoms with Crippen LogP contribution in [0.25, 0.3) is 0 Å². The molecule has 1 amide bonds. The van der Waals surface area contributed by atoms with Crippen molar-refractivity contribution in [2.75, 3.05) is 0 Å². The number of aromatic hydroxyl groups is 1. The molecule has 5 heteroatoms. The summed E-state index contributed by atoms with van der Waals surface area (Å²) in [5.74, 6) is 0.529. The number of phenols is 1. The van der Waals surface area contributed by atoms with E-state index in [4.69, 9.17) is 4.74 Å². The first kappa shape index (κ1) is 17.5. The molecular weight excluding hydrogens is 328 g/mol. The molecule has 0 saturated carbocycles. The van der Waals surface area contributed by atoms with Crippen molar-refractivity contribution in [1.29, 1.82) is 0 Å². The van der Waals surface area contributed by atoms with E-state index in [0.29, 0.717) is 19.0 Å². The van der Waals surface area contributed by atoms with Crippen LogP contribution >= 0.6 is 0 Å². The van der Waals surface area contributed by atoms with E-state index >= 15 is 0 Å². The van der Waals surface area contributed by atoms with Gasteiger partial charge >= 0.3 is 0 Å². The number of hydrogen-bond donors (Lipinski definition) is 2. The van der Waals surface area contributed by atoms with Gasteiger partial charge in [0.05, 0.1) is 6.42 Å². The van der Waals surface area contributed by atoms with Crippen molar-refractivity contribution >= 4 is 5.91 Å². The van der Waals surface area contributed by atoms with Gasteiger partial charge in [0, 0.05) is 18.3 Å². The Hall–Kier alpha value is -3.34. The number of phenolic OH excluding ortho intramolecular Hbond substituents is 1. The molecule has 1 aromatic heterocycles. The van der Waals surface area contributed by atoms with Crippen LogP contribution in [0.1, 0.15) is 16.7 Å². The predicted octanol–water partition coefficient (Wildman–Crippen LogP) is 3.23. The first-order valence-electron chi connectivity index (χ1n) is 8.36. The third kappa shape index (κ3) is 5.08. The molecule has 0 radical (unpaired) electrons. The van der Waals surface area contributed by atoms with Gasteiger partial charge in [0.2, 0.25) is 11.8 Å². The van der Waals surface area contributed by atoms with Crippen LogP contribution in [0.5, 0.6) is 11.6 Å². The summed E-state index contributed by atoms with van der Waals surface area (Å²) in [6, 6.07) is 20.2. The average molecular weight is 348 g/mol. The Morgan fingerprint density at radius 2 is 1.81 bits per heavy atom. The lowest BCUT2D eigenvalue weighted by molar-refractivity contribution is -0.120. The fourth-order valence-electron chi connectivity index (χ4n) is 2.52. The first-order chi connectivity index (χ1) is 12.7. The highest BCUT2D eigenvalue weighted by Gasteiger charge is 2.08. The fourth-order valence-corrected chi connectivity index (χ4v) is 2.52. The number of carbonyl (C=O) groups excluding carboxylic acids is 1. The second-order valence-electron chi connectivity index (χ2n) is 5.87. The number of nitrogens with zero attached hydrogens (tertiary/aromatic N) is 1. The third-order valence-corrected chi connectivity index (χ3v) is 3.82. The molecule has 0 aliphatic rings. The van der Waals surface area contributed by atoms with Crippen LogP contribution in [0.3, 0.4) is 0 Å². The molecule has 3 rings (SSSR count). The summed E-state index contributed by atoms with van der Waals surface area (Å²) < 4.78 is 5.79. The standard InChI is InChI=1S/C21H20N2O3/c24-19-10-4-8-17(12-19)13-20(25)23-14-18-9-5-11-22-21(18)26-15-16-6-2-1-3-7-16/h1-12,24H,13-15H2,(H,23,25). The maximum Gasteiger partial charge on any atom is 0.224 e. The molecular formula is C21H20N2O3. The summed E-state index contributed by atoms with van der Waals surface area (Å²) in [6.45, 7) is 0.748. The van der Waals surface area contributed by atoms with E-state index < -0.39 is 0 Å². The molecule has 0 aliphatic carbocycles. The maximum atomic E-state index is 12.1. The van der Waals surface area contributed by atoms with Crippen LogP contribution < -0.4 is 10.1 Å². The fraction of sp³-hybridized carbons (Fsp3) is 0.143. The third-order valence-electron chi connectivity index (χ3n) is 3.82. The highest BCUT2D eigenvalue weighted by molar-refractivity contribution is 5.78. The Kier molecular flexibility index (Phi) is 5.83. The summed E-state index contributed by atoms with van der Waals surface area (Å²) >= 11 is 0. The van der Waals surface area contributed by atoms with E-state index in [1.54, 1.807) is 30.5 Å². The smallest absolute Gasteiger partial charge is 0.224 e. The number of pyridine rings is 1. The van der Waals surface area contributed by atoms with E-state index in [1.165, 1.54) is 0 Å². The van der Waals surface area contributed by atoms with Gasteiger partial charge < -0.3 is 15.2 Å². The monoisotopic (exact) mass is 348 g/mol. The number of amides is 1. The van der Waals surface area contributed by atoms with E-state index in [0.717, 1.165) is 16.7 Å². The zero-order valence-electron chi connectivity index (χ0n) is 14.3. The van der Waals surface area contributed by atoms with Crippen molar-refractivity contribution < 1.29 is 14.6 Å². The summed E-state index contributed by atoms with van der Waals surface area (Å²) in [7, 11) is 0. The summed E-state index contributed by atoms with van der Waals surface area (Å²) in [4.78, 5) is 16.4. The van der Waals surface area contributed by atoms with Gasteiger partial charge in [-0.25, -0.2) is 4.98 Å². The molecule has 26 heavy (non-hydrogen) atoms. The molecule has 0 aliphatic heterocycles. The topological polar surface area (TPSA) is 71.5 Å². The van der Waals surface area contributed by atoms with Gasteiger partial charge in [-0.05, 0) is 29.3 Å². The van der Waals surface area contributed by atoms with Gasteiger partial charge in [0.1, 0.15) is 12.4 Å². The van der Waals surface area contributed by atoms with Crippen molar-refractivity contribution in [1.82, 2.24) is 10.3 Å². The molecule has 0 atom stereocenters. The average Bonchev–Trinajstić information content (AvgIpc) is 2.66. The molecule has 2 aromatic carbocycles. The normalized spacial score (nSPS) is 10.3. The lowest BCUT2D eigenvalue weighted by Crippen LogP contribution is -2.25. The second kappa shape index (κ2) is 8.67. The largest absolute Gasteiger partial charge is 0.508 e. The molecule has 0 unspecified atom stereocenters. The van der Waals surface area contributed by atoms with Gasteiger partial charge in [-0.1, -0.05) is 48.5 Å². The van der Waals surface area contributed by atoms with E-state index in [-0.39, 0.29) is 18.1 Å². The zero-order chi connectivity index (χ0) is 18.2. The summed E-state index contributed by atoms with van der Waals surface area (Å²) in [5.41, 5.74) is 2.62. The number of carbonyl (C=O) groups is 1. The SMILES string of the molecule is O=C(Cc1cccc(O)c1)NCc1cccnc1OCc1ccccc1. The molecule has 0 saturated heterocycles. The van der Waals surface area contributed by atoms with Crippen LogP contribution in [0.15, 0.2) is 72.9 Å². The van der Waals surface area contributed by atoms with Crippen LogP contribution in [0.2, 0.25) is 0 Å². The molecule has 132 valence electrons. The Bertz CT molecular complexity index is 866. The Labute approximate surface area is 152 Å². The molecule has 2 N–H and O–H groups in total. The van der Waals surface area contributed by atoms with Gasteiger partial charge in [0.15, 0.2) is 0 Å². The Morgan fingerprint density at radius 1 is 1.00 bits per heavy atom. The highest BCUT2D eigenvalue weighted by Crippen LogP contribution is 2.16. The number of hydrogen-bond acceptors (Lipinski definition) is 4. The van der Waals surface area contributed by atoms with Gasteiger partial charge in [-0.3, -0.25) is 4.79 Å². The highest BCUT2D eigenvalue weighted by atomic mass is 16.5. The minimum absolute atomic E-state index is 0.131. The van der Waals surface area contributed by atoms with Crippen molar-refractivity contribution in [3.05, 3.63) is 89.6 Å². The number of ether oxygens (including phenoxy) is 1. The Balaban J connectivity index is 1.57. The second-order valence-corrected chi connectivity index (χ2v) is 5.87. The molecule has 0 fully saturated rings. The van der Waals surface area contributed by atoms with Gasteiger partial charge in [-0.2, -0.15) is 0 Å². The van der Waals surface area contributed by atoms with E-state index in [9.17, 15) is 9.90 Å². The first-order valence-corrected chi connectivity index (χ1v) is 8.36. The Morgan fingerprint density at radius 3 is 2.62 bits per heavy atom. The quantitative estimate of drug-likeness (QED) is 0.688. The van der Waals surface area contributed by atoms with Crippen molar-refractivity contribution in [2.45, 2.75) is 19.6 Å². The lowest BCUT2D eigenvalue weighted by atomic mass is 10.1. The van der Waals surface area contributed by atoms with Crippen molar-refractivity contribution in [2.24, 2.45) is 0 Å². The lowest BCUT2D eigenvalue weighted by Gasteiger charge is -2.11. The minimum Gasteiger partial charge on any atom is -0.508 e. The minimum atomic E-state index is -0.131. The maximum absolute atomic E-state index is 12.1. The molecule has 0 bridgehead atoms. The van der Waals surface area contributed by atoms with Crippen LogP contribution in [0, 0.1) is 0 Å². The summed E-state index contributed by atoms with van der Waals surface area (Å²) in [5, 5.41) is 12.3. The van der Waals surface area contributed by atoms with E-state index in [2.05, 4.69) is 10.3 Å². The van der Waals surface area contributed by atoms with E-state index in [1.807, 2.05) is 42.5 Å². The predicted molar refractivity (Wildman–Crippen MR) is 98.7 cm³/mol. The van der Waals surface area contributed by atoms with Crippen molar-refractivity contribution in [3.8, 4) is 11.6 Å². The number of aromatic nitrogens is 1. The van der Waals surface area contributed by atoms with Crippen LogP contribution in [-0.2, 0) is 24.4 Å². The molecule has 0 spiro atoms. The molecule has 1 heterocycles. The molecule has 5 nitrogen and oxygen atoms in total. The number of nitrogens with one attached hydrogen (secondary N) is 1. The van der Waals surface area contributed by atoms with Crippen molar-refractivity contribution in [3.63, 3.8) is 0 Å². The number of rotatable bonds is 7. The van der Waals surface area contributed by atoms with Gasteiger partial charge in [-0.15, -0.1) is 0 Å². The molecule has 3 aromatic rings. The van der Waals surface area contributed by atoms with Crippen LogP contribution in [0.4, 0.5) is 0 Å². The van der Waals surface area contributed by atoms with Crippen LogP contribution in [-0.4, -0.2) is 16.0 Å². The summed E-state index contributed by atoms with van der Waals surface area (Å²) in [6.07, 6.45) is 1.87. The number of benzene rings is 2. The zero-order valence-corrected chi connectivity index (χ0v) is 14.3. The van der Waals surface area contributed by atoms with Gasteiger partial charge in [0.25, 0.3) is 0 Å².